The van der Waals surface area contributed by atoms with E-state index in [4.69, 9.17) is 32.3 Å². The van der Waals surface area contributed by atoms with Crippen molar-refractivity contribution in [1.82, 2.24) is 0 Å². The van der Waals surface area contributed by atoms with Crippen LogP contribution in [0.15, 0.2) is 134 Å². The lowest BCUT2D eigenvalue weighted by atomic mass is 10.1. The third kappa shape index (κ3) is 70.8. The van der Waals surface area contributed by atoms with Gasteiger partial charge in [-0.25, -0.2) is 9.13 Å². The average molecular weight is 1370 g/mol. The average Bonchev–Trinajstić information content (AvgIpc) is 2.67. The van der Waals surface area contributed by atoms with Crippen molar-refractivity contribution in [3.05, 3.63) is 134 Å². The minimum absolute atomic E-state index is 0.0882. The molecule has 0 rings (SSSR count). The molecule has 0 heterocycles. The van der Waals surface area contributed by atoms with Gasteiger partial charge in [0, 0.05) is 19.3 Å². The summed E-state index contributed by atoms with van der Waals surface area (Å²) in [5.74, 6) is -1.61. The van der Waals surface area contributed by atoms with E-state index < -0.39 is 91.5 Å². The van der Waals surface area contributed by atoms with Crippen molar-refractivity contribution in [3.8, 4) is 0 Å². The molecule has 5 unspecified atom stereocenters. The lowest BCUT2D eigenvalue weighted by Gasteiger charge is -2.21. The van der Waals surface area contributed by atoms with Crippen LogP contribution in [0.3, 0.4) is 0 Å². The number of phosphoric ester groups is 2. The van der Waals surface area contributed by atoms with Gasteiger partial charge >= 0.3 is 33.6 Å². The van der Waals surface area contributed by atoms with Gasteiger partial charge in [0.15, 0.2) is 6.10 Å². The van der Waals surface area contributed by atoms with Gasteiger partial charge < -0.3 is 34.2 Å². The molecule has 0 fully saturated rings. The summed E-state index contributed by atoms with van der Waals surface area (Å²) in [6.07, 6.45) is 82.3. The number of aliphatic hydroxyl groups excluding tert-OH is 2. The number of hydrogen-bond acceptors (Lipinski definition) is 14. The molecule has 0 aromatic rings. The van der Waals surface area contributed by atoms with E-state index in [1.807, 2.05) is 0 Å². The zero-order chi connectivity index (χ0) is 69.5. The van der Waals surface area contributed by atoms with Crippen LogP contribution in [0.1, 0.15) is 278 Å². The highest BCUT2D eigenvalue weighted by Crippen LogP contribution is 2.45. The molecule has 0 amide bonds. The molecule has 544 valence electrons. The fourth-order valence-corrected chi connectivity index (χ4v) is 10.9. The topological polar surface area (TPSA) is 231 Å². The molecule has 18 heteroatoms. The molecule has 0 aromatic carbocycles. The minimum Gasteiger partial charge on any atom is -0.463 e. The summed E-state index contributed by atoms with van der Waals surface area (Å²) in [7, 11) is -9.79. The van der Waals surface area contributed by atoms with Crippen molar-refractivity contribution >= 4 is 33.6 Å². The van der Waals surface area contributed by atoms with E-state index in [1.165, 1.54) is 44.9 Å². The molecule has 95 heavy (non-hydrogen) atoms. The number of unbranched alkanes of at least 4 members (excludes halogenated alkanes) is 23. The van der Waals surface area contributed by atoms with Crippen molar-refractivity contribution in [2.75, 3.05) is 39.6 Å². The normalized spacial score (nSPS) is 14.9. The van der Waals surface area contributed by atoms with E-state index in [9.17, 15) is 43.5 Å². The Labute approximate surface area is 575 Å². The Hall–Kier alpha value is -4.31. The Morgan fingerprint density at radius 1 is 0.305 bits per heavy atom. The van der Waals surface area contributed by atoms with Gasteiger partial charge in [-0.2, -0.15) is 0 Å². The summed E-state index contributed by atoms with van der Waals surface area (Å²) in [5, 5.41) is 20.6. The predicted octanol–water partition coefficient (Wildman–Crippen LogP) is 20.8. The largest absolute Gasteiger partial charge is 0.472 e. The molecule has 4 N–H and O–H groups in total. The second-order valence-electron chi connectivity index (χ2n) is 24.0. The quantitative estimate of drug-likeness (QED) is 0.0146. The van der Waals surface area contributed by atoms with E-state index in [1.54, 1.807) is 0 Å². The van der Waals surface area contributed by atoms with Gasteiger partial charge in [0.25, 0.3) is 0 Å². The highest BCUT2D eigenvalue weighted by atomic mass is 31.2. The van der Waals surface area contributed by atoms with Gasteiger partial charge in [-0.05, 0) is 128 Å². The Bertz CT molecular complexity index is 2260. The summed E-state index contributed by atoms with van der Waals surface area (Å²) in [6.45, 7) is 2.36. The lowest BCUT2D eigenvalue weighted by Crippen LogP contribution is -2.30. The van der Waals surface area contributed by atoms with Crippen molar-refractivity contribution in [3.63, 3.8) is 0 Å². The Morgan fingerprint density at radius 3 is 0.895 bits per heavy atom. The monoisotopic (exact) mass is 1370 g/mol. The summed E-state index contributed by atoms with van der Waals surface area (Å²) >= 11 is 0. The molecule has 0 aliphatic heterocycles. The van der Waals surface area contributed by atoms with Crippen LogP contribution in [0.5, 0.6) is 0 Å². The van der Waals surface area contributed by atoms with E-state index in [0.29, 0.717) is 19.3 Å². The zero-order valence-corrected chi connectivity index (χ0v) is 60.8. The van der Waals surface area contributed by atoms with E-state index >= 15 is 0 Å². The third-order valence-corrected chi connectivity index (χ3v) is 16.7. The first-order valence-electron chi connectivity index (χ1n) is 36.5. The third-order valence-electron chi connectivity index (χ3n) is 14.8. The number of rotatable bonds is 68. The number of ether oxygens (including phenoxy) is 3. The fourth-order valence-electron chi connectivity index (χ4n) is 9.31. The molecule has 0 radical (unpaired) electrons. The Balaban J connectivity index is 4.47. The molecule has 0 bridgehead atoms. The SMILES string of the molecule is CC/C=C\C/C=C\C/C=C\C/C=C\C/C=C\C/C=C\CCCCCCCCCCCCC(=O)OCC(O)COP(=O)(O)OCC(O)COP(=O)(O)OCC(COC(=O)CCCCCCCC/C=C\C/C=C\C/C=C\C/C=C\CC)OC(=O)CCCCCCC/C=C\CCCC. The summed E-state index contributed by atoms with van der Waals surface area (Å²) in [4.78, 5) is 58.4. The van der Waals surface area contributed by atoms with E-state index in [-0.39, 0.29) is 19.3 Å². The van der Waals surface area contributed by atoms with Gasteiger partial charge in [0.2, 0.25) is 0 Å². The standard InChI is InChI=1S/C77H130O16P2/c1-4-7-10-13-16-19-22-24-26-28-30-31-32-33-34-35-36-37-38-39-41-43-44-46-49-51-54-57-60-63-75(80)87-66-72(78)67-89-94(83,84)90-68-73(79)69-91-95(85,86)92-71-74(93-77(82)65-62-59-56-53-48-21-18-15-12-9-6-3)70-88-76(81)64-61-58-55-52-50-47-45-42-40-29-27-25-23-20-17-14-11-8-5-2/h7-8,10-11,15-20,24-27,30-31,33-34,36-37,40,42,72-74,78-79H,4-6,9,12-14,21-23,28-29,32,35,38-39,41,43-71H2,1-3H3,(H,83,84)(H,85,86)/b10-7-,11-8-,18-15-,19-16-,20-17-,26-24-,27-25-,31-30-,34-33-,37-36-,42-40-. The number of aliphatic hydroxyl groups is 2. The number of allylic oxidation sites excluding steroid dienone is 22. The molecule has 0 aliphatic carbocycles. The van der Waals surface area contributed by atoms with Crippen molar-refractivity contribution in [2.24, 2.45) is 0 Å². The first-order valence-corrected chi connectivity index (χ1v) is 39.5. The molecule has 16 nitrogen and oxygen atoms in total. The number of phosphoric acid groups is 2. The van der Waals surface area contributed by atoms with Crippen LogP contribution in [0, 0.1) is 0 Å². The van der Waals surface area contributed by atoms with Crippen LogP contribution in [0.4, 0.5) is 0 Å². The molecular weight excluding hydrogens is 1240 g/mol. The van der Waals surface area contributed by atoms with E-state index in [2.05, 4.69) is 154 Å². The molecule has 5 atom stereocenters. The Morgan fingerprint density at radius 2 is 0.558 bits per heavy atom. The smallest absolute Gasteiger partial charge is 0.463 e. The minimum atomic E-state index is -4.93. The molecule has 0 saturated heterocycles. The predicted molar refractivity (Wildman–Crippen MR) is 390 cm³/mol. The van der Waals surface area contributed by atoms with Crippen LogP contribution >= 0.6 is 15.6 Å². The van der Waals surface area contributed by atoms with Crippen LogP contribution < -0.4 is 0 Å². The molecule has 0 spiro atoms. The van der Waals surface area contributed by atoms with Gasteiger partial charge in [0.1, 0.15) is 25.4 Å². The van der Waals surface area contributed by atoms with Gasteiger partial charge in [-0.3, -0.25) is 32.5 Å². The fraction of sp³-hybridized carbons (Fsp3) is 0.675. The second kappa shape index (κ2) is 69.6. The van der Waals surface area contributed by atoms with Crippen molar-refractivity contribution in [1.29, 1.82) is 0 Å². The highest BCUT2D eigenvalue weighted by molar-refractivity contribution is 7.47. The summed E-state index contributed by atoms with van der Waals surface area (Å²) < 4.78 is 60.9. The maximum absolute atomic E-state index is 12.9. The van der Waals surface area contributed by atoms with Gasteiger partial charge in [0.05, 0.1) is 26.4 Å². The van der Waals surface area contributed by atoms with Crippen LogP contribution in [0.2, 0.25) is 0 Å². The highest BCUT2D eigenvalue weighted by Gasteiger charge is 2.29. The zero-order valence-electron chi connectivity index (χ0n) is 59.0. The summed E-state index contributed by atoms with van der Waals surface area (Å²) in [6, 6.07) is 0. The first kappa shape index (κ1) is 90.7. The van der Waals surface area contributed by atoms with Gasteiger partial charge in [-0.15, -0.1) is 0 Å². The second-order valence-corrected chi connectivity index (χ2v) is 26.9. The maximum Gasteiger partial charge on any atom is 0.472 e. The number of hydrogen-bond donors (Lipinski definition) is 4. The van der Waals surface area contributed by atoms with E-state index in [0.717, 1.165) is 173 Å². The molecule has 0 saturated carbocycles. The van der Waals surface area contributed by atoms with Crippen molar-refractivity contribution < 1.29 is 75.8 Å². The number of esters is 3. The van der Waals surface area contributed by atoms with Gasteiger partial charge in [-0.1, -0.05) is 264 Å². The number of carbonyl (C=O) groups is 3. The maximum atomic E-state index is 12.9. The molecule has 0 aromatic heterocycles. The van der Waals surface area contributed by atoms with Crippen molar-refractivity contribution in [2.45, 2.75) is 296 Å². The number of carbonyl (C=O) groups excluding carboxylic acids is 3. The Kier molecular flexibility index (Phi) is 66.4. The first-order chi connectivity index (χ1) is 46.2. The van der Waals surface area contributed by atoms with Crippen LogP contribution in [-0.2, 0) is 55.8 Å². The van der Waals surface area contributed by atoms with Crippen LogP contribution in [-0.4, -0.2) is 95.9 Å². The molecular formula is C77H130O16P2. The summed E-state index contributed by atoms with van der Waals surface area (Å²) in [5.41, 5.74) is 0. The lowest BCUT2D eigenvalue weighted by molar-refractivity contribution is -0.161. The molecule has 0 aliphatic rings. The van der Waals surface area contributed by atoms with Crippen LogP contribution in [0.25, 0.3) is 0 Å².